The van der Waals surface area contributed by atoms with E-state index in [0.717, 1.165) is 19.0 Å². The molecule has 0 radical (unpaired) electrons. The first-order valence-electron chi connectivity index (χ1n) is 4.66. The maximum atomic E-state index is 3.40. The van der Waals surface area contributed by atoms with Crippen molar-refractivity contribution in [1.29, 1.82) is 0 Å². The van der Waals surface area contributed by atoms with E-state index in [-0.39, 0.29) is 0 Å². The summed E-state index contributed by atoms with van der Waals surface area (Å²) >= 11 is 0. The van der Waals surface area contributed by atoms with Crippen molar-refractivity contribution in [2.75, 3.05) is 13.1 Å². The van der Waals surface area contributed by atoms with Crippen molar-refractivity contribution in [3.63, 3.8) is 0 Å². The van der Waals surface area contributed by atoms with Crippen LogP contribution in [0.15, 0.2) is 12.2 Å². The predicted molar refractivity (Wildman–Crippen MR) is 51.8 cm³/mol. The largest absolute Gasteiger partial charge is 0.313 e. The van der Waals surface area contributed by atoms with Gasteiger partial charge in [-0.05, 0) is 19.4 Å². The molecule has 0 atom stereocenters. The average Bonchev–Trinajstić information content (AvgIpc) is 2.05. The van der Waals surface area contributed by atoms with Crippen molar-refractivity contribution in [2.45, 2.75) is 33.6 Å². The minimum atomic E-state index is 0.861. The standard InChI is InChI=1S/C10H21N/c1-4-7-8-11-9-10(5-2)6-3/h4,7,10-11H,5-6,8-9H2,1-3H3/b7-4+. The van der Waals surface area contributed by atoms with E-state index in [1.165, 1.54) is 12.8 Å². The van der Waals surface area contributed by atoms with Crippen molar-refractivity contribution in [3.05, 3.63) is 12.2 Å². The molecule has 0 fully saturated rings. The van der Waals surface area contributed by atoms with Gasteiger partial charge in [-0.15, -0.1) is 0 Å². The van der Waals surface area contributed by atoms with Gasteiger partial charge in [0.15, 0.2) is 0 Å². The Morgan fingerprint density at radius 3 is 2.36 bits per heavy atom. The highest BCUT2D eigenvalue weighted by molar-refractivity contribution is 4.79. The monoisotopic (exact) mass is 155 g/mol. The van der Waals surface area contributed by atoms with Crippen molar-refractivity contribution in [1.82, 2.24) is 5.32 Å². The number of rotatable bonds is 6. The second-order valence-corrected chi connectivity index (χ2v) is 2.91. The number of nitrogens with one attached hydrogen (secondary N) is 1. The van der Waals surface area contributed by atoms with E-state index >= 15 is 0 Å². The lowest BCUT2D eigenvalue weighted by Gasteiger charge is -2.11. The summed E-state index contributed by atoms with van der Waals surface area (Å²) < 4.78 is 0. The molecule has 1 N–H and O–H groups in total. The van der Waals surface area contributed by atoms with Gasteiger partial charge in [0.2, 0.25) is 0 Å². The fraction of sp³-hybridized carbons (Fsp3) is 0.800. The highest BCUT2D eigenvalue weighted by atomic mass is 14.8. The molecule has 66 valence electrons. The maximum absolute atomic E-state index is 3.40. The van der Waals surface area contributed by atoms with Crippen molar-refractivity contribution in [3.8, 4) is 0 Å². The highest BCUT2D eigenvalue weighted by Gasteiger charge is 1.99. The average molecular weight is 155 g/mol. The summed E-state index contributed by atoms with van der Waals surface area (Å²) in [4.78, 5) is 0. The Morgan fingerprint density at radius 2 is 1.91 bits per heavy atom. The van der Waals surface area contributed by atoms with Crippen molar-refractivity contribution in [2.24, 2.45) is 5.92 Å². The first-order valence-corrected chi connectivity index (χ1v) is 4.66. The third-order valence-corrected chi connectivity index (χ3v) is 2.09. The molecule has 0 bridgehead atoms. The summed E-state index contributed by atoms with van der Waals surface area (Å²) in [6.45, 7) is 8.75. The van der Waals surface area contributed by atoms with Gasteiger partial charge in [-0.1, -0.05) is 38.8 Å². The van der Waals surface area contributed by atoms with Crippen LogP contribution in [0.2, 0.25) is 0 Å². The molecular formula is C10H21N. The first-order chi connectivity index (χ1) is 5.35. The lowest BCUT2D eigenvalue weighted by atomic mass is 10.0. The molecule has 0 amide bonds. The summed E-state index contributed by atoms with van der Waals surface area (Å²) in [7, 11) is 0. The lowest BCUT2D eigenvalue weighted by molar-refractivity contribution is 0.461. The molecule has 0 aromatic heterocycles. The number of allylic oxidation sites excluding steroid dienone is 1. The Kier molecular flexibility index (Phi) is 7.59. The van der Waals surface area contributed by atoms with Gasteiger partial charge in [0.1, 0.15) is 0 Å². The molecule has 0 saturated carbocycles. The van der Waals surface area contributed by atoms with Crippen LogP contribution >= 0.6 is 0 Å². The molecule has 0 spiro atoms. The van der Waals surface area contributed by atoms with E-state index in [0.29, 0.717) is 0 Å². The van der Waals surface area contributed by atoms with E-state index in [4.69, 9.17) is 0 Å². The van der Waals surface area contributed by atoms with Crippen LogP contribution in [-0.4, -0.2) is 13.1 Å². The molecule has 0 aliphatic carbocycles. The van der Waals surface area contributed by atoms with Crippen molar-refractivity contribution < 1.29 is 0 Å². The van der Waals surface area contributed by atoms with Gasteiger partial charge in [0, 0.05) is 6.54 Å². The summed E-state index contributed by atoms with van der Waals surface area (Å²) in [6.07, 6.45) is 6.82. The van der Waals surface area contributed by atoms with Gasteiger partial charge >= 0.3 is 0 Å². The lowest BCUT2D eigenvalue weighted by Crippen LogP contribution is -2.22. The fourth-order valence-corrected chi connectivity index (χ4v) is 1.07. The molecule has 0 aromatic carbocycles. The van der Waals surface area contributed by atoms with Crippen LogP contribution in [0, 0.1) is 5.92 Å². The zero-order chi connectivity index (χ0) is 8.53. The highest BCUT2D eigenvalue weighted by Crippen LogP contribution is 2.04. The maximum Gasteiger partial charge on any atom is 0.0134 e. The number of hydrogen-bond donors (Lipinski definition) is 1. The molecule has 0 rings (SSSR count). The van der Waals surface area contributed by atoms with Crippen LogP contribution < -0.4 is 5.32 Å². The molecule has 0 saturated heterocycles. The van der Waals surface area contributed by atoms with Gasteiger partial charge < -0.3 is 5.32 Å². The van der Waals surface area contributed by atoms with Gasteiger partial charge in [-0.3, -0.25) is 0 Å². The number of hydrogen-bond acceptors (Lipinski definition) is 1. The zero-order valence-electron chi connectivity index (χ0n) is 8.06. The second-order valence-electron chi connectivity index (χ2n) is 2.91. The van der Waals surface area contributed by atoms with E-state index in [1.807, 2.05) is 0 Å². The van der Waals surface area contributed by atoms with Gasteiger partial charge in [-0.25, -0.2) is 0 Å². The first kappa shape index (κ1) is 10.7. The Morgan fingerprint density at radius 1 is 1.27 bits per heavy atom. The van der Waals surface area contributed by atoms with Crippen LogP contribution in [0.5, 0.6) is 0 Å². The fourth-order valence-electron chi connectivity index (χ4n) is 1.07. The summed E-state index contributed by atoms with van der Waals surface area (Å²) in [5, 5.41) is 3.40. The second kappa shape index (κ2) is 7.80. The van der Waals surface area contributed by atoms with E-state index < -0.39 is 0 Å². The Bertz CT molecular complexity index is 93.0. The van der Waals surface area contributed by atoms with Crippen LogP contribution in [0.3, 0.4) is 0 Å². The Balaban J connectivity index is 3.21. The summed E-state index contributed by atoms with van der Waals surface area (Å²) in [5.74, 6) is 0.861. The molecule has 11 heavy (non-hydrogen) atoms. The third kappa shape index (κ3) is 6.11. The van der Waals surface area contributed by atoms with E-state index in [2.05, 4.69) is 38.2 Å². The molecule has 0 aliphatic rings. The van der Waals surface area contributed by atoms with Gasteiger partial charge in [0.05, 0.1) is 0 Å². The molecule has 0 heterocycles. The molecular weight excluding hydrogens is 134 g/mol. The summed E-state index contributed by atoms with van der Waals surface area (Å²) in [5.41, 5.74) is 0. The molecule has 0 unspecified atom stereocenters. The SMILES string of the molecule is C/C=C/CNCC(CC)CC. The van der Waals surface area contributed by atoms with Crippen LogP contribution in [0.4, 0.5) is 0 Å². The molecule has 1 heteroatoms. The van der Waals surface area contributed by atoms with E-state index in [9.17, 15) is 0 Å². The predicted octanol–water partition coefficient (Wildman–Crippen LogP) is 2.59. The zero-order valence-corrected chi connectivity index (χ0v) is 8.06. The minimum absolute atomic E-state index is 0.861. The smallest absolute Gasteiger partial charge is 0.0134 e. The minimum Gasteiger partial charge on any atom is -0.313 e. The molecule has 0 aliphatic heterocycles. The quantitative estimate of drug-likeness (QED) is 0.459. The summed E-state index contributed by atoms with van der Waals surface area (Å²) in [6, 6.07) is 0. The normalized spacial score (nSPS) is 11.6. The van der Waals surface area contributed by atoms with Gasteiger partial charge in [-0.2, -0.15) is 0 Å². The molecule has 0 aromatic rings. The topological polar surface area (TPSA) is 12.0 Å². The van der Waals surface area contributed by atoms with E-state index in [1.54, 1.807) is 0 Å². The third-order valence-electron chi connectivity index (χ3n) is 2.09. The van der Waals surface area contributed by atoms with Crippen LogP contribution in [0.1, 0.15) is 33.6 Å². The Labute approximate surface area is 70.9 Å². The van der Waals surface area contributed by atoms with Crippen LogP contribution in [0.25, 0.3) is 0 Å². The van der Waals surface area contributed by atoms with Crippen LogP contribution in [-0.2, 0) is 0 Å². The van der Waals surface area contributed by atoms with Gasteiger partial charge in [0.25, 0.3) is 0 Å². The Hall–Kier alpha value is -0.300. The van der Waals surface area contributed by atoms with Crippen molar-refractivity contribution >= 4 is 0 Å². The molecule has 1 nitrogen and oxygen atoms in total.